The number of morpholine rings is 1. The third-order valence-electron chi connectivity index (χ3n) is 7.87. The molecule has 9 nitrogen and oxygen atoms in total. The van der Waals surface area contributed by atoms with Crippen LogP contribution in [0.4, 0.5) is 17.3 Å². The van der Waals surface area contributed by atoms with Crippen LogP contribution in [-0.4, -0.2) is 76.2 Å². The second kappa shape index (κ2) is 10.8. The summed E-state index contributed by atoms with van der Waals surface area (Å²) in [4.78, 5) is 22.4. The third kappa shape index (κ3) is 5.70. The van der Waals surface area contributed by atoms with Gasteiger partial charge >= 0.3 is 0 Å². The topological polar surface area (TPSA) is 112 Å². The summed E-state index contributed by atoms with van der Waals surface area (Å²) in [6.07, 6.45) is 0.853. The molecule has 0 aliphatic carbocycles. The van der Waals surface area contributed by atoms with Crippen LogP contribution in [0.15, 0.2) is 54.6 Å². The lowest BCUT2D eigenvalue weighted by Gasteiger charge is -2.38. The van der Waals surface area contributed by atoms with Gasteiger partial charge in [0.1, 0.15) is 11.6 Å². The van der Waals surface area contributed by atoms with Crippen molar-refractivity contribution >= 4 is 33.1 Å². The molecule has 3 aromatic rings. The first-order valence-corrected chi connectivity index (χ1v) is 15.3. The van der Waals surface area contributed by atoms with Crippen molar-refractivity contribution < 1.29 is 23.1 Å². The first-order chi connectivity index (χ1) is 18.9. The largest absolute Gasteiger partial charge is 0.389 e. The van der Waals surface area contributed by atoms with Crippen LogP contribution in [0.5, 0.6) is 0 Å². The number of rotatable bonds is 7. The molecule has 0 radical (unpaired) electrons. The molecule has 1 amide bonds. The molecule has 0 spiro atoms. The number of amides is 1. The fraction of sp³-hybridized carbons (Fsp3) is 0.400. The molecule has 10 heteroatoms. The number of hydrogen-bond acceptors (Lipinski definition) is 8. The molecule has 2 aromatic carbocycles. The number of hydrogen-bond donors (Lipinski definition) is 2. The summed E-state index contributed by atoms with van der Waals surface area (Å²) in [7, 11) is -3.38. The molecular weight excluding hydrogens is 528 g/mol. The predicted molar refractivity (Wildman–Crippen MR) is 158 cm³/mol. The van der Waals surface area contributed by atoms with Gasteiger partial charge in [0.2, 0.25) is 0 Å². The zero-order valence-electron chi connectivity index (χ0n) is 23.3. The van der Waals surface area contributed by atoms with Gasteiger partial charge in [-0.3, -0.25) is 4.79 Å². The van der Waals surface area contributed by atoms with Crippen LogP contribution in [0.3, 0.4) is 0 Å². The summed E-state index contributed by atoms with van der Waals surface area (Å²) in [5.41, 5.74) is 4.55. The highest BCUT2D eigenvalue weighted by Gasteiger charge is 2.32. The fourth-order valence-electron chi connectivity index (χ4n) is 4.88. The number of nitrogens with zero attached hydrogens (tertiary/aromatic N) is 3. The number of carbonyl (C=O) groups excluding carboxylic acids is 1. The Morgan fingerprint density at radius 1 is 1.02 bits per heavy atom. The molecule has 0 atom stereocenters. The lowest BCUT2D eigenvalue weighted by atomic mass is 9.98. The lowest BCUT2D eigenvalue weighted by Crippen LogP contribution is -2.51. The van der Waals surface area contributed by atoms with Gasteiger partial charge in [-0.15, -0.1) is 0 Å². The van der Waals surface area contributed by atoms with Gasteiger partial charge in [0.15, 0.2) is 9.84 Å². The normalized spacial score (nSPS) is 16.5. The van der Waals surface area contributed by atoms with E-state index in [0.717, 1.165) is 41.4 Å². The monoisotopic (exact) mass is 564 g/mol. The summed E-state index contributed by atoms with van der Waals surface area (Å²) >= 11 is 0. The molecule has 212 valence electrons. The van der Waals surface area contributed by atoms with E-state index in [1.165, 1.54) is 6.26 Å². The minimum Gasteiger partial charge on any atom is -0.389 e. The molecule has 40 heavy (non-hydrogen) atoms. The highest BCUT2D eigenvalue weighted by atomic mass is 32.2. The van der Waals surface area contributed by atoms with Crippen LogP contribution in [-0.2, 0) is 19.3 Å². The minimum atomic E-state index is -3.38. The van der Waals surface area contributed by atoms with Crippen LogP contribution >= 0.6 is 0 Å². The highest BCUT2D eigenvalue weighted by molar-refractivity contribution is 7.91. The maximum absolute atomic E-state index is 13.2. The van der Waals surface area contributed by atoms with Crippen molar-refractivity contribution in [3.63, 3.8) is 0 Å². The molecule has 2 N–H and O–H groups in total. The number of aromatic nitrogens is 1. The Bertz CT molecular complexity index is 1530. The number of benzene rings is 2. The van der Waals surface area contributed by atoms with E-state index >= 15 is 0 Å². The van der Waals surface area contributed by atoms with Crippen LogP contribution in [0.1, 0.15) is 35.3 Å². The van der Waals surface area contributed by atoms with Crippen molar-refractivity contribution in [3.8, 4) is 11.1 Å². The zero-order chi connectivity index (χ0) is 28.7. The summed E-state index contributed by atoms with van der Waals surface area (Å²) in [5, 5.41) is 12.9. The van der Waals surface area contributed by atoms with E-state index in [2.05, 4.69) is 21.2 Å². The van der Waals surface area contributed by atoms with Crippen LogP contribution in [0.2, 0.25) is 0 Å². The van der Waals surface area contributed by atoms with Gasteiger partial charge in [0.05, 0.1) is 24.1 Å². The van der Waals surface area contributed by atoms with E-state index in [9.17, 15) is 18.3 Å². The molecular formula is C30H36N4O5S. The number of anilines is 3. The zero-order valence-corrected chi connectivity index (χ0v) is 24.2. The maximum atomic E-state index is 13.2. The highest BCUT2D eigenvalue weighted by Crippen LogP contribution is 2.34. The summed E-state index contributed by atoms with van der Waals surface area (Å²) < 4.78 is 29.1. The van der Waals surface area contributed by atoms with Crippen molar-refractivity contribution in [3.05, 3.63) is 71.3 Å². The molecule has 0 bridgehead atoms. The Hall–Kier alpha value is -3.47. The fourth-order valence-corrected chi connectivity index (χ4v) is 5.43. The van der Waals surface area contributed by atoms with Crippen LogP contribution in [0.25, 0.3) is 11.1 Å². The van der Waals surface area contributed by atoms with Crippen molar-refractivity contribution in [2.24, 2.45) is 0 Å². The van der Waals surface area contributed by atoms with E-state index in [1.54, 1.807) is 38.1 Å². The molecule has 1 aromatic heterocycles. The van der Waals surface area contributed by atoms with Gasteiger partial charge in [0.25, 0.3) is 5.91 Å². The Balaban J connectivity index is 1.45. The van der Waals surface area contributed by atoms with Gasteiger partial charge in [0, 0.05) is 43.7 Å². The third-order valence-corrected chi connectivity index (χ3v) is 9.96. The molecule has 2 fully saturated rings. The molecule has 2 aliphatic rings. The van der Waals surface area contributed by atoms with E-state index < -0.39 is 14.6 Å². The quantitative estimate of drug-likeness (QED) is 0.448. The number of aliphatic hydroxyl groups excluding tert-OH is 1. The average molecular weight is 565 g/mol. The van der Waals surface area contributed by atoms with Gasteiger partial charge in [-0.05, 0) is 79.4 Å². The Kier molecular flexibility index (Phi) is 7.60. The summed E-state index contributed by atoms with van der Waals surface area (Å²) in [6, 6.07) is 16.6. The van der Waals surface area contributed by atoms with Gasteiger partial charge < -0.3 is 25.0 Å². The van der Waals surface area contributed by atoms with E-state index in [4.69, 9.17) is 9.72 Å². The second-order valence-electron chi connectivity index (χ2n) is 11.1. The first-order valence-electron chi connectivity index (χ1n) is 13.4. The second-order valence-corrected chi connectivity index (χ2v) is 13.6. The Morgan fingerprint density at radius 2 is 1.70 bits per heavy atom. The minimum absolute atomic E-state index is 0.319. The molecule has 2 aliphatic heterocycles. The van der Waals surface area contributed by atoms with Crippen molar-refractivity contribution in [2.75, 3.05) is 60.8 Å². The molecule has 5 rings (SSSR count). The van der Waals surface area contributed by atoms with Crippen molar-refractivity contribution in [2.45, 2.75) is 31.6 Å². The molecule has 2 saturated heterocycles. The number of carbonyl (C=O) groups is 1. The summed E-state index contributed by atoms with van der Waals surface area (Å²) in [5.74, 6) is 1.35. The number of β-amino-alcohol motifs (C(OH)–C–C–N with tert-alkyl or cyclic N) is 1. The molecule has 0 saturated carbocycles. The lowest BCUT2D eigenvalue weighted by molar-refractivity contribution is 0.102. The van der Waals surface area contributed by atoms with E-state index in [1.807, 2.05) is 31.2 Å². The van der Waals surface area contributed by atoms with Crippen molar-refractivity contribution in [1.82, 2.24) is 4.98 Å². The SMILES string of the molecule is Cc1ccc(NC(=O)c2cccc(C(C)(C)S(C)(=O)=O)c2)cc1-c1cc(N2CCOCC2)nc(N2CC(O)C2)c1. The number of sulfone groups is 1. The predicted octanol–water partition coefficient (Wildman–Crippen LogP) is 3.61. The van der Waals surface area contributed by atoms with Gasteiger partial charge in [-0.1, -0.05) is 18.2 Å². The van der Waals surface area contributed by atoms with Gasteiger partial charge in [-0.25, -0.2) is 13.4 Å². The van der Waals surface area contributed by atoms with E-state index in [-0.39, 0.29) is 12.0 Å². The number of pyridine rings is 1. The van der Waals surface area contributed by atoms with E-state index in [0.29, 0.717) is 43.1 Å². The van der Waals surface area contributed by atoms with Crippen molar-refractivity contribution in [1.29, 1.82) is 0 Å². The molecule has 0 unspecified atom stereocenters. The number of aliphatic hydroxyl groups is 1. The first kappa shape index (κ1) is 28.1. The van der Waals surface area contributed by atoms with Gasteiger partial charge in [-0.2, -0.15) is 0 Å². The number of aryl methyl sites for hydroxylation is 1. The average Bonchev–Trinajstić information content (AvgIpc) is 2.92. The Labute approximate surface area is 235 Å². The summed E-state index contributed by atoms with van der Waals surface area (Å²) in [6.45, 7) is 9.19. The molecule has 3 heterocycles. The van der Waals surface area contributed by atoms with Crippen LogP contribution < -0.4 is 15.1 Å². The maximum Gasteiger partial charge on any atom is 0.255 e. The Morgan fingerprint density at radius 3 is 2.35 bits per heavy atom. The number of nitrogens with one attached hydrogen (secondary N) is 1. The standard InChI is InChI=1S/C30H36N4O5S/c1-20-8-9-24(31-29(36)21-6-5-7-23(14-21)30(2,3)40(4,37)38)17-26(20)22-15-27(33-10-12-39-13-11-33)32-28(16-22)34-18-25(35)19-34/h5-9,14-17,25,35H,10-13,18-19H2,1-4H3,(H,31,36). The smallest absolute Gasteiger partial charge is 0.255 e. The number of ether oxygens (including phenoxy) is 1. The van der Waals surface area contributed by atoms with Crippen LogP contribution in [0, 0.1) is 6.92 Å².